The zero-order chi connectivity index (χ0) is 14.8. The zero-order valence-corrected chi connectivity index (χ0v) is 10.6. The Morgan fingerprint density at radius 1 is 1.45 bits per heavy atom. The Kier molecular flexibility index (Phi) is 4.17. The van der Waals surface area contributed by atoms with Gasteiger partial charge in [0, 0.05) is 13.1 Å². The second kappa shape index (κ2) is 5.70. The van der Waals surface area contributed by atoms with Crippen LogP contribution >= 0.6 is 0 Å². The Balaban J connectivity index is 1.97. The average molecular weight is 289 g/mol. The van der Waals surface area contributed by atoms with Gasteiger partial charge in [-0.3, -0.25) is 9.69 Å². The zero-order valence-electron chi connectivity index (χ0n) is 10.6. The van der Waals surface area contributed by atoms with Gasteiger partial charge in [0.25, 0.3) is 0 Å². The van der Waals surface area contributed by atoms with Crippen molar-refractivity contribution in [3.05, 3.63) is 29.8 Å². The standard InChI is InChI=1S/C13H14F3NO3/c14-13(15,16)20-11-3-1-2-9(6-11)7-17-5-4-10(8-17)12(18)19/h1-3,6,10H,4-5,7-8H2,(H,18,19). The van der Waals surface area contributed by atoms with Gasteiger partial charge in [-0.15, -0.1) is 13.2 Å². The topological polar surface area (TPSA) is 49.8 Å². The molecule has 0 amide bonds. The molecule has 1 aliphatic rings. The van der Waals surface area contributed by atoms with Gasteiger partial charge in [0.2, 0.25) is 0 Å². The third-order valence-corrected chi connectivity index (χ3v) is 3.16. The summed E-state index contributed by atoms with van der Waals surface area (Å²) in [6.07, 6.45) is -4.14. The van der Waals surface area contributed by atoms with Crippen LogP contribution in [0.3, 0.4) is 0 Å². The molecule has 20 heavy (non-hydrogen) atoms. The van der Waals surface area contributed by atoms with E-state index >= 15 is 0 Å². The Bertz CT molecular complexity index is 490. The van der Waals surface area contributed by atoms with E-state index in [1.165, 1.54) is 18.2 Å². The fraction of sp³-hybridized carbons (Fsp3) is 0.462. The van der Waals surface area contributed by atoms with Gasteiger partial charge in [-0.1, -0.05) is 12.1 Å². The Labute approximate surface area is 113 Å². The molecule has 1 heterocycles. The van der Waals surface area contributed by atoms with Crippen molar-refractivity contribution < 1.29 is 27.8 Å². The van der Waals surface area contributed by atoms with Crippen molar-refractivity contribution >= 4 is 5.97 Å². The van der Waals surface area contributed by atoms with Gasteiger partial charge in [0.15, 0.2) is 0 Å². The number of aliphatic carboxylic acids is 1. The molecule has 4 nitrogen and oxygen atoms in total. The van der Waals surface area contributed by atoms with Crippen molar-refractivity contribution in [2.75, 3.05) is 13.1 Å². The molecular formula is C13H14F3NO3. The van der Waals surface area contributed by atoms with Crippen LogP contribution in [0.1, 0.15) is 12.0 Å². The van der Waals surface area contributed by atoms with Gasteiger partial charge in [0.1, 0.15) is 5.75 Å². The molecule has 0 radical (unpaired) electrons. The minimum atomic E-state index is -4.71. The highest BCUT2D eigenvalue weighted by molar-refractivity contribution is 5.70. The lowest BCUT2D eigenvalue weighted by Crippen LogP contribution is -2.23. The van der Waals surface area contributed by atoms with Crippen molar-refractivity contribution in [3.8, 4) is 5.75 Å². The van der Waals surface area contributed by atoms with E-state index in [1.54, 1.807) is 6.07 Å². The molecule has 1 atom stereocenters. The van der Waals surface area contributed by atoms with E-state index in [0.717, 1.165) is 0 Å². The summed E-state index contributed by atoms with van der Waals surface area (Å²) in [5, 5.41) is 8.90. The number of carboxylic acid groups (broad SMARTS) is 1. The molecule has 1 fully saturated rings. The first kappa shape index (κ1) is 14.6. The van der Waals surface area contributed by atoms with Crippen LogP contribution < -0.4 is 4.74 Å². The second-order valence-electron chi connectivity index (χ2n) is 4.75. The lowest BCUT2D eigenvalue weighted by molar-refractivity contribution is -0.274. The smallest absolute Gasteiger partial charge is 0.481 e. The summed E-state index contributed by atoms with van der Waals surface area (Å²) in [4.78, 5) is 12.7. The third kappa shape index (κ3) is 4.12. The lowest BCUT2D eigenvalue weighted by atomic mass is 10.1. The predicted octanol–water partition coefficient (Wildman–Crippen LogP) is 2.49. The molecule has 0 bridgehead atoms. The van der Waals surface area contributed by atoms with Crippen LogP contribution in [0, 0.1) is 5.92 Å². The van der Waals surface area contributed by atoms with Crippen LogP contribution in [0.15, 0.2) is 24.3 Å². The van der Waals surface area contributed by atoms with Crippen LogP contribution in [-0.2, 0) is 11.3 Å². The highest BCUT2D eigenvalue weighted by atomic mass is 19.4. The summed E-state index contributed by atoms with van der Waals surface area (Å²) in [6.45, 7) is 1.46. The van der Waals surface area contributed by atoms with Gasteiger partial charge in [-0.05, 0) is 30.7 Å². The number of alkyl halides is 3. The predicted molar refractivity (Wildman–Crippen MR) is 64.1 cm³/mol. The fourth-order valence-electron chi connectivity index (χ4n) is 2.28. The third-order valence-electron chi connectivity index (χ3n) is 3.16. The van der Waals surface area contributed by atoms with Crippen molar-refractivity contribution in [1.82, 2.24) is 4.90 Å². The Morgan fingerprint density at radius 3 is 2.80 bits per heavy atom. The van der Waals surface area contributed by atoms with Crippen molar-refractivity contribution in [2.24, 2.45) is 5.92 Å². The SMILES string of the molecule is O=C(O)C1CCN(Cc2cccc(OC(F)(F)F)c2)C1. The highest BCUT2D eigenvalue weighted by Gasteiger charge is 2.31. The van der Waals surface area contributed by atoms with Gasteiger partial charge in [-0.2, -0.15) is 0 Å². The number of rotatable bonds is 4. The first-order valence-corrected chi connectivity index (χ1v) is 6.13. The van der Waals surface area contributed by atoms with E-state index in [1.807, 2.05) is 4.90 Å². The van der Waals surface area contributed by atoms with Gasteiger partial charge >= 0.3 is 12.3 Å². The highest BCUT2D eigenvalue weighted by Crippen LogP contribution is 2.25. The first-order chi connectivity index (χ1) is 9.33. The summed E-state index contributed by atoms with van der Waals surface area (Å²) >= 11 is 0. The maximum absolute atomic E-state index is 12.1. The normalized spacial score (nSPS) is 20.1. The van der Waals surface area contributed by atoms with Crippen LogP contribution in [0.25, 0.3) is 0 Å². The minimum Gasteiger partial charge on any atom is -0.481 e. The Hall–Kier alpha value is -1.76. The number of nitrogens with zero attached hydrogens (tertiary/aromatic N) is 1. The summed E-state index contributed by atoms with van der Waals surface area (Å²) in [5.74, 6) is -1.49. The molecule has 1 unspecified atom stereocenters. The average Bonchev–Trinajstić information content (AvgIpc) is 2.75. The number of carbonyl (C=O) groups is 1. The summed E-state index contributed by atoms with van der Waals surface area (Å²) < 4.78 is 40.2. The molecule has 110 valence electrons. The number of ether oxygens (including phenoxy) is 1. The van der Waals surface area contributed by atoms with Crippen molar-refractivity contribution in [3.63, 3.8) is 0 Å². The summed E-state index contributed by atoms with van der Waals surface area (Å²) in [6, 6.07) is 5.74. The van der Waals surface area contributed by atoms with E-state index < -0.39 is 18.2 Å². The molecule has 1 aromatic rings. The molecule has 0 aliphatic carbocycles. The van der Waals surface area contributed by atoms with Crippen LogP contribution in [0.4, 0.5) is 13.2 Å². The van der Waals surface area contributed by atoms with E-state index in [9.17, 15) is 18.0 Å². The molecule has 2 rings (SSSR count). The number of hydrogen-bond donors (Lipinski definition) is 1. The summed E-state index contributed by atoms with van der Waals surface area (Å²) in [5.41, 5.74) is 0.665. The molecule has 0 spiro atoms. The molecule has 1 saturated heterocycles. The Morgan fingerprint density at radius 2 is 2.20 bits per heavy atom. The monoisotopic (exact) mass is 289 g/mol. The molecule has 0 aromatic heterocycles. The molecule has 0 saturated carbocycles. The van der Waals surface area contributed by atoms with Gasteiger partial charge < -0.3 is 9.84 Å². The van der Waals surface area contributed by atoms with E-state index in [2.05, 4.69) is 4.74 Å². The fourth-order valence-corrected chi connectivity index (χ4v) is 2.28. The minimum absolute atomic E-state index is 0.260. The molecule has 1 aromatic carbocycles. The molecule has 1 aliphatic heterocycles. The van der Waals surface area contributed by atoms with E-state index in [4.69, 9.17) is 5.11 Å². The molecular weight excluding hydrogens is 275 g/mol. The lowest BCUT2D eigenvalue weighted by Gasteiger charge is -2.16. The number of hydrogen-bond acceptors (Lipinski definition) is 3. The molecule has 1 N–H and O–H groups in total. The number of carboxylic acids is 1. The largest absolute Gasteiger partial charge is 0.573 e. The van der Waals surface area contributed by atoms with Crippen molar-refractivity contribution in [2.45, 2.75) is 19.3 Å². The number of benzene rings is 1. The maximum atomic E-state index is 12.1. The van der Waals surface area contributed by atoms with Gasteiger partial charge in [-0.25, -0.2) is 0 Å². The first-order valence-electron chi connectivity index (χ1n) is 6.13. The quantitative estimate of drug-likeness (QED) is 0.925. The second-order valence-corrected chi connectivity index (χ2v) is 4.75. The van der Waals surface area contributed by atoms with Crippen LogP contribution in [-0.4, -0.2) is 35.4 Å². The van der Waals surface area contributed by atoms with Crippen molar-refractivity contribution in [1.29, 1.82) is 0 Å². The van der Waals surface area contributed by atoms with E-state index in [0.29, 0.717) is 31.6 Å². The van der Waals surface area contributed by atoms with E-state index in [-0.39, 0.29) is 5.75 Å². The summed E-state index contributed by atoms with van der Waals surface area (Å²) in [7, 11) is 0. The van der Waals surface area contributed by atoms with Crippen LogP contribution in [0.5, 0.6) is 5.75 Å². The maximum Gasteiger partial charge on any atom is 0.573 e. The number of halogens is 3. The number of likely N-dealkylation sites (tertiary alicyclic amines) is 1. The van der Waals surface area contributed by atoms with Gasteiger partial charge in [0.05, 0.1) is 5.92 Å². The van der Waals surface area contributed by atoms with Crippen LogP contribution in [0.2, 0.25) is 0 Å². The molecule has 7 heteroatoms.